The molecule has 5 heteroatoms. The number of rotatable bonds is 3. The van der Waals surface area contributed by atoms with Crippen molar-refractivity contribution in [3.05, 3.63) is 23.8 Å². The predicted molar refractivity (Wildman–Crippen MR) is 60.9 cm³/mol. The second-order valence-corrected chi connectivity index (χ2v) is 4.50. The molecule has 0 bridgehead atoms. The largest absolute Gasteiger partial charge is 0.508 e. The molecule has 5 nitrogen and oxygen atoms in total. The fourth-order valence-electron chi connectivity index (χ4n) is 1.83. The molecule has 1 saturated carbocycles. The van der Waals surface area contributed by atoms with Crippen LogP contribution in [0.5, 0.6) is 11.5 Å². The molecule has 0 spiro atoms. The number of benzene rings is 1. The fourth-order valence-corrected chi connectivity index (χ4v) is 1.83. The van der Waals surface area contributed by atoms with Crippen LogP contribution in [0.2, 0.25) is 0 Å². The Bertz CT molecular complexity index is 420. The van der Waals surface area contributed by atoms with E-state index in [-0.39, 0.29) is 23.6 Å². The van der Waals surface area contributed by atoms with Crippen LogP contribution in [0.4, 0.5) is 0 Å². The summed E-state index contributed by atoms with van der Waals surface area (Å²) in [5, 5.41) is 30.9. The third kappa shape index (κ3) is 2.68. The Morgan fingerprint density at radius 2 is 1.82 bits per heavy atom. The summed E-state index contributed by atoms with van der Waals surface area (Å²) in [6.45, 7) is 0.197. The van der Waals surface area contributed by atoms with Gasteiger partial charge in [-0.3, -0.25) is 4.79 Å². The van der Waals surface area contributed by atoms with E-state index >= 15 is 0 Å². The molecular weight excluding hydrogens is 222 g/mol. The molecule has 1 aliphatic carbocycles. The second-order valence-electron chi connectivity index (χ2n) is 4.50. The molecule has 1 aromatic carbocycles. The average Bonchev–Trinajstić information content (AvgIpc) is 2.22. The Morgan fingerprint density at radius 3 is 2.29 bits per heavy atom. The summed E-state index contributed by atoms with van der Waals surface area (Å²) in [6, 6.07) is 3.68. The van der Waals surface area contributed by atoms with Gasteiger partial charge in [0.05, 0.1) is 5.60 Å². The lowest BCUT2D eigenvalue weighted by Crippen LogP contribution is -2.47. The number of amides is 1. The quantitative estimate of drug-likeness (QED) is 0.624. The normalized spacial score (nSPS) is 17.2. The minimum atomic E-state index is -0.783. The topological polar surface area (TPSA) is 89.8 Å². The first-order chi connectivity index (χ1) is 7.98. The summed E-state index contributed by atoms with van der Waals surface area (Å²) < 4.78 is 0. The Kier molecular flexibility index (Phi) is 2.93. The Balaban J connectivity index is 1.99. The van der Waals surface area contributed by atoms with E-state index in [1.54, 1.807) is 0 Å². The number of phenols is 2. The molecule has 0 aromatic heterocycles. The molecule has 1 aromatic rings. The van der Waals surface area contributed by atoms with Crippen molar-refractivity contribution in [3.8, 4) is 11.5 Å². The van der Waals surface area contributed by atoms with E-state index in [2.05, 4.69) is 5.32 Å². The number of phenolic OH excluding ortho intramolecular Hbond substituents is 2. The molecule has 1 aliphatic rings. The monoisotopic (exact) mass is 237 g/mol. The number of aliphatic hydroxyl groups is 1. The minimum absolute atomic E-state index is 0.169. The highest BCUT2D eigenvalue weighted by Crippen LogP contribution is 2.30. The summed E-state index contributed by atoms with van der Waals surface area (Å²) in [7, 11) is 0. The van der Waals surface area contributed by atoms with Gasteiger partial charge >= 0.3 is 0 Å². The molecule has 0 aliphatic heterocycles. The number of aromatic hydroxyl groups is 2. The smallest absolute Gasteiger partial charge is 0.251 e. The molecule has 0 unspecified atom stereocenters. The first-order valence-electron chi connectivity index (χ1n) is 5.52. The van der Waals surface area contributed by atoms with Gasteiger partial charge in [-0.2, -0.15) is 0 Å². The van der Waals surface area contributed by atoms with Gasteiger partial charge in [0, 0.05) is 18.2 Å². The van der Waals surface area contributed by atoms with Gasteiger partial charge in [-0.05, 0) is 31.4 Å². The van der Waals surface area contributed by atoms with Gasteiger partial charge < -0.3 is 20.6 Å². The van der Waals surface area contributed by atoms with Crippen molar-refractivity contribution in [3.63, 3.8) is 0 Å². The van der Waals surface area contributed by atoms with Gasteiger partial charge in [0.1, 0.15) is 11.5 Å². The molecule has 0 heterocycles. The third-order valence-corrected chi connectivity index (χ3v) is 3.03. The predicted octanol–water partition coefficient (Wildman–Crippen LogP) is 0.743. The maximum Gasteiger partial charge on any atom is 0.251 e. The van der Waals surface area contributed by atoms with Crippen LogP contribution in [-0.2, 0) is 0 Å². The average molecular weight is 237 g/mol. The zero-order valence-corrected chi connectivity index (χ0v) is 9.31. The van der Waals surface area contributed by atoms with Gasteiger partial charge in [0.2, 0.25) is 0 Å². The lowest BCUT2D eigenvalue weighted by atomic mass is 9.80. The van der Waals surface area contributed by atoms with E-state index in [1.165, 1.54) is 12.1 Å². The summed E-state index contributed by atoms with van der Waals surface area (Å²) in [5.74, 6) is -0.758. The molecule has 0 radical (unpaired) electrons. The number of carbonyl (C=O) groups excluding carboxylic acids is 1. The first-order valence-corrected chi connectivity index (χ1v) is 5.52. The zero-order chi connectivity index (χ0) is 12.5. The van der Waals surface area contributed by atoms with E-state index in [0.717, 1.165) is 12.5 Å². The molecular formula is C12H15NO4. The lowest BCUT2D eigenvalue weighted by Gasteiger charge is -2.36. The zero-order valence-electron chi connectivity index (χ0n) is 9.31. The summed E-state index contributed by atoms with van der Waals surface area (Å²) in [6.07, 6.45) is 2.36. The van der Waals surface area contributed by atoms with E-state index in [1.807, 2.05) is 0 Å². The highest BCUT2D eigenvalue weighted by Gasteiger charge is 2.34. The molecule has 17 heavy (non-hydrogen) atoms. The Morgan fingerprint density at radius 1 is 1.24 bits per heavy atom. The standard InChI is InChI=1S/C12H15NO4/c14-9-4-8(5-10(15)6-9)11(16)13-7-12(17)2-1-3-12/h4-6,14-15,17H,1-3,7H2,(H,13,16). The molecule has 4 N–H and O–H groups in total. The SMILES string of the molecule is O=C(NCC1(O)CCC1)c1cc(O)cc(O)c1. The summed E-state index contributed by atoms with van der Waals surface area (Å²) in [4.78, 5) is 11.7. The second kappa shape index (κ2) is 4.25. The fraction of sp³-hybridized carbons (Fsp3) is 0.417. The lowest BCUT2D eigenvalue weighted by molar-refractivity contribution is -0.0300. The van der Waals surface area contributed by atoms with E-state index in [9.17, 15) is 20.1 Å². The minimum Gasteiger partial charge on any atom is -0.508 e. The van der Waals surface area contributed by atoms with Gasteiger partial charge in [0.25, 0.3) is 5.91 Å². The van der Waals surface area contributed by atoms with Crippen LogP contribution in [0, 0.1) is 0 Å². The van der Waals surface area contributed by atoms with Crippen molar-refractivity contribution in [1.29, 1.82) is 0 Å². The van der Waals surface area contributed by atoms with Gasteiger partial charge in [-0.15, -0.1) is 0 Å². The van der Waals surface area contributed by atoms with Crippen molar-refractivity contribution in [2.24, 2.45) is 0 Å². The summed E-state index contributed by atoms with van der Waals surface area (Å²) >= 11 is 0. The van der Waals surface area contributed by atoms with Crippen LogP contribution >= 0.6 is 0 Å². The van der Waals surface area contributed by atoms with Crippen LogP contribution in [-0.4, -0.2) is 33.4 Å². The van der Waals surface area contributed by atoms with E-state index < -0.39 is 11.5 Å². The first kappa shape index (κ1) is 11.7. The van der Waals surface area contributed by atoms with Crippen molar-refractivity contribution in [1.82, 2.24) is 5.32 Å². The van der Waals surface area contributed by atoms with Crippen LogP contribution in [0.3, 0.4) is 0 Å². The van der Waals surface area contributed by atoms with Gasteiger partial charge in [0.15, 0.2) is 0 Å². The molecule has 0 atom stereocenters. The van der Waals surface area contributed by atoms with Crippen molar-refractivity contribution in [2.75, 3.05) is 6.54 Å². The molecule has 1 amide bonds. The highest BCUT2D eigenvalue weighted by atomic mass is 16.3. The Labute approximate surface area is 98.7 Å². The van der Waals surface area contributed by atoms with Crippen molar-refractivity contribution < 1.29 is 20.1 Å². The van der Waals surface area contributed by atoms with Gasteiger partial charge in [-0.25, -0.2) is 0 Å². The van der Waals surface area contributed by atoms with Crippen LogP contribution < -0.4 is 5.32 Å². The van der Waals surface area contributed by atoms with Crippen molar-refractivity contribution >= 4 is 5.91 Å². The molecule has 92 valence electrons. The van der Waals surface area contributed by atoms with Crippen LogP contribution in [0.15, 0.2) is 18.2 Å². The molecule has 1 fully saturated rings. The van der Waals surface area contributed by atoms with Crippen LogP contribution in [0.25, 0.3) is 0 Å². The van der Waals surface area contributed by atoms with Crippen molar-refractivity contribution in [2.45, 2.75) is 24.9 Å². The third-order valence-electron chi connectivity index (χ3n) is 3.03. The van der Waals surface area contributed by atoms with Gasteiger partial charge in [-0.1, -0.05) is 0 Å². The maximum atomic E-state index is 11.7. The van der Waals surface area contributed by atoms with E-state index in [0.29, 0.717) is 12.8 Å². The van der Waals surface area contributed by atoms with Crippen LogP contribution in [0.1, 0.15) is 29.6 Å². The number of nitrogens with one attached hydrogen (secondary N) is 1. The number of hydrogen-bond donors (Lipinski definition) is 4. The molecule has 2 rings (SSSR count). The highest BCUT2D eigenvalue weighted by molar-refractivity contribution is 5.95. The molecule has 0 saturated heterocycles. The number of hydrogen-bond acceptors (Lipinski definition) is 4. The maximum absolute atomic E-state index is 11.7. The number of carbonyl (C=O) groups is 1. The Hall–Kier alpha value is -1.75. The summed E-state index contributed by atoms with van der Waals surface area (Å²) in [5.41, 5.74) is -0.612. The van der Waals surface area contributed by atoms with E-state index in [4.69, 9.17) is 0 Å².